The molecular formula is C9H13NO. The number of hydrogen-bond donors (Lipinski definition) is 2. The summed E-state index contributed by atoms with van der Waals surface area (Å²) in [6.07, 6.45) is 0.889. The zero-order valence-corrected chi connectivity index (χ0v) is 6.62. The van der Waals surface area contributed by atoms with Crippen LogP contribution >= 0.6 is 0 Å². The molecule has 0 heterocycles. The summed E-state index contributed by atoms with van der Waals surface area (Å²) in [6.45, 7) is 2.03. The summed E-state index contributed by atoms with van der Waals surface area (Å²) in [5.41, 5.74) is 3.39. The fourth-order valence-corrected chi connectivity index (χ4v) is 1.09. The second-order valence-corrected chi connectivity index (χ2v) is 2.50. The third kappa shape index (κ3) is 2.03. The molecule has 0 aliphatic carbocycles. The summed E-state index contributed by atoms with van der Waals surface area (Å²) < 4.78 is 0. The molecular weight excluding hydrogens is 138 g/mol. The van der Waals surface area contributed by atoms with Gasteiger partial charge in [-0.25, -0.2) is 0 Å². The molecule has 0 saturated carbocycles. The van der Waals surface area contributed by atoms with E-state index in [1.165, 1.54) is 0 Å². The molecule has 0 aliphatic heterocycles. The molecule has 1 rings (SSSR count). The van der Waals surface area contributed by atoms with Crippen LogP contribution in [0.5, 0.6) is 0 Å². The molecule has 2 N–H and O–H groups in total. The van der Waals surface area contributed by atoms with Crippen LogP contribution in [0.3, 0.4) is 0 Å². The molecule has 1 aromatic carbocycles. The number of rotatable bonds is 3. The van der Waals surface area contributed by atoms with Gasteiger partial charge in [0.25, 0.3) is 0 Å². The van der Waals surface area contributed by atoms with Gasteiger partial charge in [0.1, 0.15) is 0 Å². The lowest BCUT2D eigenvalue weighted by Gasteiger charge is -2.11. The molecule has 0 aliphatic rings. The van der Waals surface area contributed by atoms with Crippen LogP contribution in [0.4, 0.5) is 0 Å². The minimum Gasteiger partial charge on any atom is -0.316 e. The van der Waals surface area contributed by atoms with Crippen molar-refractivity contribution in [2.45, 2.75) is 19.4 Å². The molecule has 0 fully saturated rings. The molecule has 0 radical (unpaired) electrons. The van der Waals surface area contributed by atoms with Gasteiger partial charge in [-0.2, -0.15) is 5.48 Å². The number of hydroxylamine groups is 1. The standard InChI is InChI=1S/C9H13NO/c1-2-9(10-11)8-6-4-3-5-7-8/h3-7,9-11H,2H2,1H3/t9-/m0/s1. The first-order chi connectivity index (χ1) is 5.38. The molecule has 0 unspecified atom stereocenters. The van der Waals surface area contributed by atoms with Crippen molar-refractivity contribution in [3.05, 3.63) is 35.9 Å². The van der Waals surface area contributed by atoms with Gasteiger partial charge in [-0.05, 0) is 12.0 Å². The molecule has 0 spiro atoms. The molecule has 0 amide bonds. The second kappa shape index (κ2) is 4.11. The van der Waals surface area contributed by atoms with Crippen LogP contribution < -0.4 is 5.48 Å². The van der Waals surface area contributed by atoms with E-state index in [-0.39, 0.29) is 6.04 Å². The van der Waals surface area contributed by atoms with Gasteiger partial charge in [-0.15, -0.1) is 0 Å². The van der Waals surface area contributed by atoms with Gasteiger partial charge in [-0.3, -0.25) is 0 Å². The Balaban J connectivity index is 2.74. The van der Waals surface area contributed by atoms with E-state index >= 15 is 0 Å². The molecule has 11 heavy (non-hydrogen) atoms. The van der Waals surface area contributed by atoms with Crippen molar-refractivity contribution >= 4 is 0 Å². The summed E-state index contributed by atoms with van der Waals surface area (Å²) in [6, 6.07) is 9.96. The van der Waals surface area contributed by atoms with Gasteiger partial charge in [0, 0.05) is 0 Å². The lowest BCUT2D eigenvalue weighted by molar-refractivity contribution is 0.124. The molecule has 0 bridgehead atoms. The topological polar surface area (TPSA) is 32.3 Å². The van der Waals surface area contributed by atoms with E-state index in [0.717, 1.165) is 12.0 Å². The summed E-state index contributed by atoms with van der Waals surface area (Å²) in [7, 11) is 0. The number of hydrogen-bond acceptors (Lipinski definition) is 2. The minimum atomic E-state index is 0.0659. The summed E-state index contributed by atoms with van der Waals surface area (Å²) in [5, 5.41) is 8.73. The third-order valence-corrected chi connectivity index (χ3v) is 1.77. The fourth-order valence-electron chi connectivity index (χ4n) is 1.09. The van der Waals surface area contributed by atoms with Crippen LogP contribution in [0.25, 0.3) is 0 Å². The van der Waals surface area contributed by atoms with Crippen molar-refractivity contribution in [3.8, 4) is 0 Å². The van der Waals surface area contributed by atoms with Crippen molar-refractivity contribution in [2.24, 2.45) is 0 Å². The Morgan fingerprint density at radius 3 is 2.45 bits per heavy atom. The maximum atomic E-state index is 8.73. The SMILES string of the molecule is CC[C@H](NO)c1ccccc1. The Kier molecular flexibility index (Phi) is 3.08. The van der Waals surface area contributed by atoms with E-state index in [2.05, 4.69) is 5.48 Å². The molecule has 2 nitrogen and oxygen atoms in total. The summed E-state index contributed by atoms with van der Waals surface area (Å²) in [5.74, 6) is 0. The molecule has 0 saturated heterocycles. The highest BCUT2D eigenvalue weighted by atomic mass is 16.5. The van der Waals surface area contributed by atoms with Gasteiger partial charge in [-0.1, -0.05) is 37.3 Å². The van der Waals surface area contributed by atoms with Crippen LogP contribution in [0.15, 0.2) is 30.3 Å². The third-order valence-electron chi connectivity index (χ3n) is 1.77. The second-order valence-electron chi connectivity index (χ2n) is 2.50. The highest BCUT2D eigenvalue weighted by Crippen LogP contribution is 2.14. The van der Waals surface area contributed by atoms with Crippen molar-refractivity contribution in [1.29, 1.82) is 0 Å². The Bertz CT molecular complexity index is 194. The highest BCUT2D eigenvalue weighted by Gasteiger charge is 2.04. The molecule has 60 valence electrons. The van der Waals surface area contributed by atoms with Crippen LogP contribution in [0.2, 0.25) is 0 Å². The largest absolute Gasteiger partial charge is 0.316 e. The highest BCUT2D eigenvalue weighted by molar-refractivity contribution is 5.18. The Morgan fingerprint density at radius 2 is 2.00 bits per heavy atom. The van der Waals surface area contributed by atoms with Crippen molar-refractivity contribution < 1.29 is 5.21 Å². The molecule has 2 heteroatoms. The number of benzene rings is 1. The first kappa shape index (κ1) is 8.24. The van der Waals surface area contributed by atoms with E-state index in [1.54, 1.807) is 0 Å². The molecule has 1 aromatic rings. The van der Waals surface area contributed by atoms with E-state index in [4.69, 9.17) is 5.21 Å². The van der Waals surface area contributed by atoms with E-state index < -0.39 is 0 Å². The van der Waals surface area contributed by atoms with Gasteiger partial charge in [0.05, 0.1) is 6.04 Å². The zero-order chi connectivity index (χ0) is 8.10. The van der Waals surface area contributed by atoms with Crippen molar-refractivity contribution in [3.63, 3.8) is 0 Å². The van der Waals surface area contributed by atoms with E-state index in [9.17, 15) is 0 Å². The lowest BCUT2D eigenvalue weighted by Crippen LogP contribution is -2.15. The monoisotopic (exact) mass is 151 g/mol. The Labute approximate surface area is 66.8 Å². The van der Waals surface area contributed by atoms with Crippen LogP contribution in [0.1, 0.15) is 24.9 Å². The zero-order valence-electron chi connectivity index (χ0n) is 6.62. The predicted octanol–water partition coefficient (Wildman–Crippen LogP) is 2.12. The molecule has 0 aromatic heterocycles. The van der Waals surface area contributed by atoms with Crippen LogP contribution in [-0.2, 0) is 0 Å². The normalized spacial score (nSPS) is 12.9. The van der Waals surface area contributed by atoms with Gasteiger partial charge in [0.15, 0.2) is 0 Å². The average Bonchev–Trinajstić information content (AvgIpc) is 2.09. The fraction of sp³-hybridized carbons (Fsp3) is 0.333. The average molecular weight is 151 g/mol. The lowest BCUT2D eigenvalue weighted by atomic mass is 10.1. The Hall–Kier alpha value is -0.860. The van der Waals surface area contributed by atoms with Gasteiger partial charge in [0.2, 0.25) is 0 Å². The van der Waals surface area contributed by atoms with Crippen LogP contribution in [-0.4, -0.2) is 5.21 Å². The Morgan fingerprint density at radius 1 is 1.36 bits per heavy atom. The quantitative estimate of drug-likeness (QED) is 0.648. The van der Waals surface area contributed by atoms with E-state index in [0.29, 0.717) is 0 Å². The first-order valence-electron chi connectivity index (χ1n) is 3.83. The van der Waals surface area contributed by atoms with Crippen LogP contribution in [0, 0.1) is 0 Å². The van der Waals surface area contributed by atoms with Gasteiger partial charge < -0.3 is 5.21 Å². The maximum absolute atomic E-state index is 8.73. The minimum absolute atomic E-state index is 0.0659. The van der Waals surface area contributed by atoms with Crippen molar-refractivity contribution in [1.82, 2.24) is 5.48 Å². The van der Waals surface area contributed by atoms with Crippen molar-refractivity contribution in [2.75, 3.05) is 0 Å². The molecule has 1 atom stereocenters. The van der Waals surface area contributed by atoms with Gasteiger partial charge >= 0.3 is 0 Å². The predicted molar refractivity (Wildman–Crippen MR) is 44.4 cm³/mol. The summed E-state index contributed by atoms with van der Waals surface area (Å²) >= 11 is 0. The number of nitrogens with one attached hydrogen (secondary N) is 1. The maximum Gasteiger partial charge on any atom is 0.0566 e. The van der Waals surface area contributed by atoms with E-state index in [1.807, 2.05) is 37.3 Å². The smallest absolute Gasteiger partial charge is 0.0566 e. The first-order valence-corrected chi connectivity index (χ1v) is 3.83. The summed E-state index contributed by atoms with van der Waals surface area (Å²) in [4.78, 5) is 0.